The van der Waals surface area contributed by atoms with E-state index in [2.05, 4.69) is 21.2 Å². The van der Waals surface area contributed by atoms with Crippen LogP contribution in [0, 0.1) is 5.82 Å². The average molecular weight is 440 g/mol. The van der Waals surface area contributed by atoms with Gasteiger partial charge < -0.3 is 5.32 Å². The van der Waals surface area contributed by atoms with Gasteiger partial charge >= 0.3 is 6.03 Å². The number of halogens is 1. The molecule has 1 fully saturated rings. The van der Waals surface area contributed by atoms with Crippen molar-refractivity contribution in [3.8, 4) is 11.3 Å². The van der Waals surface area contributed by atoms with E-state index in [1.54, 1.807) is 12.1 Å². The summed E-state index contributed by atoms with van der Waals surface area (Å²) in [6, 6.07) is 24.4. The van der Waals surface area contributed by atoms with Gasteiger partial charge in [0.05, 0.1) is 16.8 Å². The Balaban J connectivity index is 1.27. The SMILES string of the molecule is O=C(NNC(=O)c1cc(-c2ccccc2)nc2ccccc12)N[C@@H]1C[C@H]1c1cccc(F)c1. The Morgan fingerprint density at radius 2 is 1.67 bits per heavy atom. The molecule has 1 aromatic heterocycles. The minimum absolute atomic E-state index is 0.0692. The number of hydrazine groups is 1. The summed E-state index contributed by atoms with van der Waals surface area (Å²) < 4.78 is 13.4. The summed E-state index contributed by atoms with van der Waals surface area (Å²) in [5, 5.41) is 3.49. The van der Waals surface area contributed by atoms with Crippen LogP contribution in [0.5, 0.6) is 0 Å². The van der Waals surface area contributed by atoms with Gasteiger partial charge in [-0.2, -0.15) is 0 Å². The van der Waals surface area contributed by atoms with E-state index >= 15 is 0 Å². The predicted molar refractivity (Wildman–Crippen MR) is 124 cm³/mol. The van der Waals surface area contributed by atoms with Crippen LogP contribution in [-0.4, -0.2) is 23.0 Å². The van der Waals surface area contributed by atoms with E-state index in [4.69, 9.17) is 0 Å². The van der Waals surface area contributed by atoms with Crippen LogP contribution in [0.2, 0.25) is 0 Å². The van der Waals surface area contributed by atoms with Crippen molar-refractivity contribution in [2.24, 2.45) is 0 Å². The molecule has 2 atom stereocenters. The first-order valence-electron chi connectivity index (χ1n) is 10.7. The zero-order valence-electron chi connectivity index (χ0n) is 17.6. The van der Waals surface area contributed by atoms with Crippen LogP contribution in [0.4, 0.5) is 9.18 Å². The topological polar surface area (TPSA) is 83.1 Å². The fourth-order valence-electron chi connectivity index (χ4n) is 3.97. The Bertz CT molecular complexity index is 1340. The zero-order valence-corrected chi connectivity index (χ0v) is 17.6. The molecule has 3 aromatic carbocycles. The molecule has 3 N–H and O–H groups in total. The number of hydrogen-bond donors (Lipinski definition) is 3. The number of urea groups is 1. The lowest BCUT2D eigenvalue weighted by molar-refractivity contribution is 0.0938. The summed E-state index contributed by atoms with van der Waals surface area (Å²) in [7, 11) is 0. The van der Waals surface area contributed by atoms with Crippen molar-refractivity contribution < 1.29 is 14.0 Å². The number of fused-ring (bicyclic) bond motifs is 1. The highest BCUT2D eigenvalue weighted by Crippen LogP contribution is 2.40. The first kappa shape index (κ1) is 20.6. The fraction of sp³-hybridized carbons (Fsp3) is 0.115. The van der Waals surface area contributed by atoms with Crippen LogP contribution in [0.1, 0.15) is 28.3 Å². The van der Waals surface area contributed by atoms with Crippen molar-refractivity contribution in [2.45, 2.75) is 18.4 Å². The molecule has 1 aliphatic rings. The minimum atomic E-state index is -0.520. The molecule has 3 amide bonds. The van der Waals surface area contributed by atoms with Gasteiger partial charge in [-0.3, -0.25) is 10.2 Å². The molecule has 5 rings (SSSR count). The molecule has 7 heteroatoms. The van der Waals surface area contributed by atoms with Gasteiger partial charge in [-0.25, -0.2) is 19.6 Å². The molecule has 0 spiro atoms. The molecule has 0 saturated heterocycles. The van der Waals surface area contributed by atoms with Crippen molar-refractivity contribution in [3.63, 3.8) is 0 Å². The molecule has 0 unspecified atom stereocenters. The third-order valence-electron chi connectivity index (χ3n) is 5.70. The van der Waals surface area contributed by atoms with Crippen LogP contribution in [0.25, 0.3) is 22.2 Å². The van der Waals surface area contributed by atoms with Gasteiger partial charge in [0, 0.05) is 22.9 Å². The van der Waals surface area contributed by atoms with Crippen LogP contribution in [0.15, 0.2) is 84.9 Å². The first-order valence-corrected chi connectivity index (χ1v) is 10.7. The monoisotopic (exact) mass is 440 g/mol. The van der Waals surface area contributed by atoms with Gasteiger partial charge in [-0.15, -0.1) is 0 Å². The third-order valence-corrected chi connectivity index (χ3v) is 5.70. The Kier molecular flexibility index (Phi) is 5.44. The summed E-state index contributed by atoms with van der Waals surface area (Å²) >= 11 is 0. The highest BCUT2D eigenvalue weighted by Gasteiger charge is 2.39. The number of nitrogens with zero attached hydrogens (tertiary/aromatic N) is 1. The second-order valence-electron chi connectivity index (χ2n) is 7.99. The Hall–Kier alpha value is -4.26. The van der Waals surface area contributed by atoms with Crippen molar-refractivity contribution in [3.05, 3.63) is 102 Å². The Labute approximate surface area is 189 Å². The number of nitrogens with one attached hydrogen (secondary N) is 3. The zero-order chi connectivity index (χ0) is 22.8. The molecule has 1 aliphatic carbocycles. The summed E-state index contributed by atoms with van der Waals surface area (Å²) in [6.07, 6.45) is 0.722. The summed E-state index contributed by atoms with van der Waals surface area (Å²) in [5.74, 6) is -0.674. The summed E-state index contributed by atoms with van der Waals surface area (Å²) in [4.78, 5) is 29.9. The van der Waals surface area contributed by atoms with E-state index in [-0.39, 0.29) is 17.8 Å². The second kappa shape index (κ2) is 8.70. The molecule has 164 valence electrons. The second-order valence-corrected chi connectivity index (χ2v) is 7.99. The number of para-hydroxylation sites is 1. The Morgan fingerprint density at radius 1 is 0.879 bits per heavy atom. The lowest BCUT2D eigenvalue weighted by atomic mass is 10.0. The summed E-state index contributed by atoms with van der Waals surface area (Å²) in [6.45, 7) is 0. The number of rotatable bonds is 4. The summed E-state index contributed by atoms with van der Waals surface area (Å²) in [5.41, 5.74) is 8.39. The lowest BCUT2D eigenvalue weighted by Gasteiger charge is -2.12. The van der Waals surface area contributed by atoms with Crippen LogP contribution in [0.3, 0.4) is 0 Å². The highest BCUT2D eigenvalue weighted by molar-refractivity contribution is 6.07. The van der Waals surface area contributed by atoms with E-state index in [0.29, 0.717) is 22.2 Å². The molecular weight excluding hydrogens is 419 g/mol. The van der Waals surface area contributed by atoms with Gasteiger partial charge in [-0.1, -0.05) is 60.7 Å². The van der Waals surface area contributed by atoms with E-state index in [0.717, 1.165) is 17.5 Å². The maximum atomic E-state index is 13.4. The molecule has 0 radical (unpaired) electrons. The normalized spacial score (nSPS) is 16.8. The van der Waals surface area contributed by atoms with E-state index < -0.39 is 11.9 Å². The molecule has 1 saturated carbocycles. The van der Waals surface area contributed by atoms with Crippen molar-refractivity contribution >= 4 is 22.8 Å². The molecular formula is C26H21FN4O2. The minimum Gasteiger partial charge on any atom is -0.333 e. The van der Waals surface area contributed by atoms with Crippen molar-refractivity contribution in [2.75, 3.05) is 0 Å². The van der Waals surface area contributed by atoms with E-state index in [1.807, 2.05) is 60.7 Å². The fourth-order valence-corrected chi connectivity index (χ4v) is 3.97. The molecule has 6 nitrogen and oxygen atoms in total. The van der Waals surface area contributed by atoms with Crippen LogP contribution >= 0.6 is 0 Å². The van der Waals surface area contributed by atoms with E-state index in [1.165, 1.54) is 12.1 Å². The largest absolute Gasteiger partial charge is 0.333 e. The number of amides is 3. The number of benzene rings is 3. The van der Waals surface area contributed by atoms with Crippen molar-refractivity contribution in [1.29, 1.82) is 0 Å². The smallest absolute Gasteiger partial charge is 0.333 e. The van der Waals surface area contributed by atoms with Crippen molar-refractivity contribution in [1.82, 2.24) is 21.2 Å². The number of aromatic nitrogens is 1. The predicted octanol–water partition coefficient (Wildman–Crippen LogP) is 4.54. The number of hydrogen-bond acceptors (Lipinski definition) is 3. The van der Waals surface area contributed by atoms with Gasteiger partial charge in [0.15, 0.2) is 0 Å². The van der Waals surface area contributed by atoms with E-state index in [9.17, 15) is 14.0 Å². The van der Waals surface area contributed by atoms with Gasteiger partial charge in [0.25, 0.3) is 5.91 Å². The number of pyridine rings is 1. The highest BCUT2D eigenvalue weighted by atomic mass is 19.1. The molecule has 4 aromatic rings. The number of carbonyl (C=O) groups excluding carboxylic acids is 2. The lowest BCUT2D eigenvalue weighted by Crippen LogP contribution is -2.47. The molecule has 0 bridgehead atoms. The average Bonchev–Trinajstić information content (AvgIpc) is 3.61. The van der Waals surface area contributed by atoms with Gasteiger partial charge in [-0.05, 0) is 36.2 Å². The molecule has 33 heavy (non-hydrogen) atoms. The number of carbonyl (C=O) groups is 2. The van der Waals surface area contributed by atoms with Gasteiger partial charge in [0.1, 0.15) is 5.82 Å². The van der Waals surface area contributed by atoms with Crippen LogP contribution in [-0.2, 0) is 0 Å². The Morgan fingerprint density at radius 3 is 2.48 bits per heavy atom. The molecule has 0 aliphatic heterocycles. The standard InChI is InChI=1S/C26H21FN4O2/c27-18-10-6-9-17(13-18)20-14-24(20)29-26(33)31-30-25(32)21-15-23(16-7-2-1-3-8-16)28-22-12-5-4-11-19(21)22/h1-13,15,20,24H,14H2,(H,30,32)(H2,29,31,33)/t20-,24+/m0/s1. The third kappa shape index (κ3) is 4.52. The maximum absolute atomic E-state index is 13.4. The first-order chi connectivity index (χ1) is 16.1. The van der Waals surface area contributed by atoms with Gasteiger partial charge in [0.2, 0.25) is 0 Å². The maximum Gasteiger partial charge on any atom is 0.333 e. The quantitative estimate of drug-likeness (QED) is 0.408. The van der Waals surface area contributed by atoms with Crippen LogP contribution < -0.4 is 16.2 Å². The molecule has 1 heterocycles.